The molecule has 1 fully saturated rings. The third kappa shape index (κ3) is 4.01. The van der Waals surface area contributed by atoms with Gasteiger partial charge in [-0.3, -0.25) is 14.8 Å². The largest absolute Gasteiger partial charge is 0.437 e. The van der Waals surface area contributed by atoms with Crippen LogP contribution in [0, 0.1) is 6.92 Å². The number of rotatable bonds is 4. The van der Waals surface area contributed by atoms with Gasteiger partial charge in [-0.15, -0.1) is 0 Å². The van der Waals surface area contributed by atoms with Crippen molar-refractivity contribution in [3.05, 3.63) is 78.0 Å². The van der Waals surface area contributed by atoms with E-state index in [-0.39, 0.29) is 11.8 Å². The van der Waals surface area contributed by atoms with Crippen LogP contribution < -0.4 is 4.74 Å². The summed E-state index contributed by atoms with van der Waals surface area (Å²) in [5, 5.41) is 0. The standard InChI is InChI=1S/C22H22N4O2/c1-16-6-4-8-18(14-16)28-21-20(24-11-12-25-21)17-7-5-13-26(15-17)22(27)19-9-2-3-10-23-19/h2-4,6,8-12,14,17H,5,7,13,15H2,1H3/t17-/m1/s1. The molecule has 0 unspecified atom stereocenters. The Hall–Kier alpha value is -3.28. The second-order valence-corrected chi connectivity index (χ2v) is 6.97. The predicted octanol–water partition coefficient (Wildman–Crippen LogP) is 3.99. The quantitative estimate of drug-likeness (QED) is 0.691. The van der Waals surface area contributed by atoms with Crippen LogP contribution in [-0.2, 0) is 0 Å². The fraction of sp³-hybridized carbons (Fsp3) is 0.273. The minimum Gasteiger partial charge on any atom is -0.437 e. The van der Waals surface area contributed by atoms with E-state index in [9.17, 15) is 4.79 Å². The SMILES string of the molecule is Cc1cccc(Oc2nccnc2[C@@H]2CCCN(C(=O)c3ccccn3)C2)c1. The zero-order valence-corrected chi connectivity index (χ0v) is 15.8. The van der Waals surface area contributed by atoms with Crippen molar-refractivity contribution in [3.8, 4) is 11.6 Å². The first-order valence-electron chi connectivity index (χ1n) is 9.46. The number of carbonyl (C=O) groups excluding carboxylic acids is 1. The summed E-state index contributed by atoms with van der Waals surface area (Å²) in [7, 11) is 0. The Morgan fingerprint density at radius 3 is 2.79 bits per heavy atom. The molecule has 1 saturated heterocycles. The van der Waals surface area contributed by atoms with Crippen molar-refractivity contribution < 1.29 is 9.53 Å². The highest BCUT2D eigenvalue weighted by molar-refractivity contribution is 5.92. The van der Waals surface area contributed by atoms with Crippen LogP contribution >= 0.6 is 0 Å². The Labute approximate surface area is 164 Å². The van der Waals surface area contributed by atoms with Gasteiger partial charge < -0.3 is 9.64 Å². The van der Waals surface area contributed by atoms with Gasteiger partial charge in [0.05, 0.1) is 0 Å². The fourth-order valence-electron chi connectivity index (χ4n) is 3.52. The normalized spacial score (nSPS) is 16.6. The zero-order chi connectivity index (χ0) is 19.3. The molecule has 2 aromatic heterocycles. The van der Waals surface area contributed by atoms with E-state index in [4.69, 9.17) is 4.74 Å². The summed E-state index contributed by atoms with van der Waals surface area (Å²) in [5.41, 5.74) is 2.38. The molecule has 6 nitrogen and oxygen atoms in total. The molecule has 0 radical (unpaired) electrons. The summed E-state index contributed by atoms with van der Waals surface area (Å²) in [5.74, 6) is 1.27. The van der Waals surface area contributed by atoms with Crippen molar-refractivity contribution in [1.82, 2.24) is 19.9 Å². The van der Waals surface area contributed by atoms with E-state index >= 15 is 0 Å². The fourth-order valence-corrected chi connectivity index (χ4v) is 3.52. The van der Waals surface area contributed by atoms with Crippen LogP contribution in [0.25, 0.3) is 0 Å². The monoisotopic (exact) mass is 374 g/mol. The zero-order valence-electron chi connectivity index (χ0n) is 15.8. The van der Waals surface area contributed by atoms with Crippen molar-refractivity contribution >= 4 is 5.91 Å². The molecule has 1 aliphatic heterocycles. The smallest absolute Gasteiger partial charge is 0.272 e. The van der Waals surface area contributed by atoms with Crippen LogP contribution in [0.4, 0.5) is 0 Å². The minimum absolute atomic E-state index is 0.0460. The lowest BCUT2D eigenvalue weighted by molar-refractivity contribution is 0.0699. The number of nitrogens with zero attached hydrogens (tertiary/aromatic N) is 4. The molecule has 1 aliphatic rings. The summed E-state index contributed by atoms with van der Waals surface area (Å²) >= 11 is 0. The van der Waals surface area contributed by atoms with Gasteiger partial charge in [-0.25, -0.2) is 4.98 Å². The topological polar surface area (TPSA) is 68.2 Å². The third-order valence-electron chi connectivity index (χ3n) is 4.87. The maximum atomic E-state index is 12.8. The van der Waals surface area contributed by atoms with E-state index in [1.54, 1.807) is 24.7 Å². The van der Waals surface area contributed by atoms with E-state index in [1.165, 1.54) is 0 Å². The first kappa shape index (κ1) is 18.1. The van der Waals surface area contributed by atoms with Crippen LogP contribution in [0.3, 0.4) is 0 Å². The molecule has 3 aromatic rings. The molecule has 4 rings (SSSR count). The molecule has 0 aliphatic carbocycles. The molecule has 0 spiro atoms. The van der Waals surface area contributed by atoms with E-state index in [2.05, 4.69) is 15.0 Å². The van der Waals surface area contributed by atoms with Gasteiger partial charge in [-0.1, -0.05) is 18.2 Å². The van der Waals surface area contributed by atoms with Crippen molar-refractivity contribution in [2.75, 3.05) is 13.1 Å². The molecule has 142 valence electrons. The summed E-state index contributed by atoms with van der Waals surface area (Å²) in [6.07, 6.45) is 6.80. The Morgan fingerprint density at radius 2 is 1.96 bits per heavy atom. The minimum atomic E-state index is -0.0460. The van der Waals surface area contributed by atoms with Gasteiger partial charge in [0.25, 0.3) is 5.91 Å². The Bertz CT molecular complexity index is 962. The van der Waals surface area contributed by atoms with Crippen molar-refractivity contribution in [3.63, 3.8) is 0 Å². The van der Waals surface area contributed by atoms with Crippen LogP contribution in [0.1, 0.15) is 40.5 Å². The molecule has 0 bridgehead atoms. The predicted molar refractivity (Wildman–Crippen MR) is 105 cm³/mol. The van der Waals surface area contributed by atoms with Crippen molar-refractivity contribution in [1.29, 1.82) is 0 Å². The van der Waals surface area contributed by atoms with Crippen LogP contribution in [0.2, 0.25) is 0 Å². The molecule has 0 saturated carbocycles. The van der Waals surface area contributed by atoms with E-state index in [0.29, 0.717) is 18.1 Å². The van der Waals surface area contributed by atoms with Gasteiger partial charge in [-0.2, -0.15) is 0 Å². The van der Waals surface area contributed by atoms with E-state index in [1.807, 2.05) is 48.2 Å². The van der Waals surface area contributed by atoms with Crippen molar-refractivity contribution in [2.45, 2.75) is 25.7 Å². The highest BCUT2D eigenvalue weighted by Crippen LogP contribution is 2.33. The van der Waals surface area contributed by atoms with Crippen molar-refractivity contribution in [2.24, 2.45) is 0 Å². The summed E-state index contributed by atoms with van der Waals surface area (Å²) in [4.78, 5) is 27.8. The first-order valence-corrected chi connectivity index (χ1v) is 9.46. The second-order valence-electron chi connectivity index (χ2n) is 6.97. The number of carbonyl (C=O) groups is 1. The average molecular weight is 374 g/mol. The Balaban J connectivity index is 1.55. The Kier molecular flexibility index (Phi) is 5.28. The average Bonchev–Trinajstić information content (AvgIpc) is 2.74. The Morgan fingerprint density at radius 1 is 1.07 bits per heavy atom. The number of benzene rings is 1. The van der Waals surface area contributed by atoms with Gasteiger partial charge in [0.1, 0.15) is 17.1 Å². The lowest BCUT2D eigenvalue weighted by atomic mass is 9.94. The highest BCUT2D eigenvalue weighted by atomic mass is 16.5. The number of piperidine rings is 1. The number of ether oxygens (including phenoxy) is 1. The van der Waals surface area contributed by atoms with Gasteiger partial charge in [0.15, 0.2) is 0 Å². The van der Waals surface area contributed by atoms with E-state index in [0.717, 1.165) is 36.4 Å². The molecule has 1 amide bonds. The lowest BCUT2D eigenvalue weighted by Gasteiger charge is -2.32. The molecular formula is C22H22N4O2. The maximum Gasteiger partial charge on any atom is 0.272 e. The van der Waals surface area contributed by atoms with Crippen LogP contribution in [0.15, 0.2) is 61.1 Å². The number of aryl methyl sites for hydroxylation is 1. The molecule has 28 heavy (non-hydrogen) atoms. The van der Waals surface area contributed by atoms with Crippen LogP contribution in [-0.4, -0.2) is 38.8 Å². The molecule has 0 N–H and O–H groups in total. The maximum absolute atomic E-state index is 12.8. The number of hydrogen-bond donors (Lipinski definition) is 0. The molecule has 3 heterocycles. The lowest BCUT2D eigenvalue weighted by Crippen LogP contribution is -2.39. The molecule has 6 heteroatoms. The molecular weight excluding hydrogens is 352 g/mol. The number of amides is 1. The van der Waals surface area contributed by atoms with E-state index < -0.39 is 0 Å². The number of aromatic nitrogens is 3. The van der Waals surface area contributed by atoms with Gasteiger partial charge >= 0.3 is 0 Å². The van der Waals surface area contributed by atoms with Gasteiger partial charge in [0, 0.05) is 37.6 Å². The molecule has 1 atom stereocenters. The molecule has 1 aromatic carbocycles. The van der Waals surface area contributed by atoms with Crippen LogP contribution in [0.5, 0.6) is 11.6 Å². The number of hydrogen-bond acceptors (Lipinski definition) is 5. The second kappa shape index (κ2) is 8.17. The number of likely N-dealkylation sites (tertiary alicyclic amines) is 1. The summed E-state index contributed by atoms with van der Waals surface area (Å²) in [6.45, 7) is 3.32. The highest BCUT2D eigenvalue weighted by Gasteiger charge is 2.29. The summed E-state index contributed by atoms with van der Waals surface area (Å²) in [6, 6.07) is 13.2. The summed E-state index contributed by atoms with van der Waals surface area (Å²) < 4.78 is 6.03. The number of pyridine rings is 1. The first-order chi connectivity index (χ1) is 13.7. The van der Waals surface area contributed by atoms with Gasteiger partial charge in [-0.05, 0) is 49.6 Å². The third-order valence-corrected chi connectivity index (χ3v) is 4.87. The van der Waals surface area contributed by atoms with Gasteiger partial charge in [0.2, 0.25) is 5.88 Å².